The minimum Gasteiger partial charge on any atom is -0.353 e. The van der Waals surface area contributed by atoms with E-state index in [2.05, 4.69) is 18.3 Å². The van der Waals surface area contributed by atoms with Gasteiger partial charge in [-0.15, -0.1) is 0 Å². The average molecular weight is 288 g/mol. The van der Waals surface area contributed by atoms with Crippen molar-refractivity contribution in [2.45, 2.75) is 40.2 Å². The molecule has 0 spiro atoms. The molecular formula is C17H24N2O2. The van der Waals surface area contributed by atoms with Gasteiger partial charge in [0.1, 0.15) is 0 Å². The minimum atomic E-state index is -0.637. The van der Waals surface area contributed by atoms with Gasteiger partial charge in [-0.1, -0.05) is 6.07 Å². The van der Waals surface area contributed by atoms with Crippen molar-refractivity contribution in [1.29, 1.82) is 0 Å². The Morgan fingerprint density at radius 1 is 1.19 bits per heavy atom. The van der Waals surface area contributed by atoms with Crippen LogP contribution in [-0.2, 0) is 4.79 Å². The summed E-state index contributed by atoms with van der Waals surface area (Å²) < 4.78 is 0. The second-order valence-corrected chi connectivity index (χ2v) is 6.41. The van der Waals surface area contributed by atoms with E-state index in [1.165, 1.54) is 5.56 Å². The first kappa shape index (κ1) is 15.7. The van der Waals surface area contributed by atoms with Gasteiger partial charge in [-0.05, 0) is 57.4 Å². The zero-order chi connectivity index (χ0) is 15.8. The van der Waals surface area contributed by atoms with E-state index in [4.69, 9.17) is 0 Å². The van der Waals surface area contributed by atoms with E-state index in [9.17, 15) is 9.59 Å². The second-order valence-electron chi connectivity index (χ2n) is 6.41. The molecule has 114 valence electrons. The molecule has 1 N–H and O–H groups in total. The fraction of sp³-hybridized carbons (Fsp3) is 0.529. The number of nitrogens with zero attached hydrogens (tertiary/aromatic N) is 1. The number of hydrogen-bond acceptors (Lipinski definition) is 3. The number of aryl methyl sites for hydroxylation is 3. The molecule has 0 aromatic heterocycles. The van der Waals surface area contributed by atoms with Crippen LogP contribution >= 0.6 is 0 Å². The molecule has 0 unspecified atom stereocenters. The Labute approximate surface area is 126 Å². The van der Waals surface area contributed by atoms with Gasteiger partial charge in [0.15, 0.2) is 5.78 Å². The highest BCUT2D eigenvalue weighted by Gasteiger charge is 2.38. The van der Waals surface area contributed by atoms with Crippen LogP contribution in [0, 0.1) is 20.8 Å². The molecular weight excluding hydrogens is 264 g/mol. The maximum atomic E-state index is 12.6. The summed E-state index contributed by atoms with van der Waals surface area (Å²) in [7, 11) is 0. The van der Waals surface area contributed by atoms with Crippen molar-refractivity contribution in [3.8, 4) is 0 Å². The van der Waals surface area contributed by atoms with Crippen molar-refractivity contribution in [1.82, 2.24) is 10.2 Å². The topological polar surface area (TPSA) is 49.4 Å². The van der Waals surface area contributed by atoms with E-state index >= 15 is 0 Å². The number of ketones is 1. The minimum absolute atomic E-state index is 0.0154. The van der Waals surface area contributed by atoms with Gasteiger partial charge in [0.25, 0.3) is 0 Å². The van der Waals surface area contributed by atoms with Crippen LogP contribution in [0.1, 0.15) is 40.9 Å². The normalized spacial score (nSPS) is 18.4. The highest BCUT2D eigenvalue weighted by molar-refractivity contribution is 5.99. The quantitative estimate of drug-likeness (QED) is 0.866. The van der Waals surface area contributed by atoms with Crippen LogP contribution in [0.25, 0.3) is 0 Å². The third-order valence-electron chi connectivity index (χ3n) is 4.49. The van der Waals surface area contributed by atoms with Gasteiger partial charge in [0.05, 0.1) is 12.1 Å². The van der Waals surface area contributed by atoms with Gasteiger partial charge in [-0.25, -0.2) is 0 Å². The Balaban J connectivity index is 2.22. The van der Waals surface area contributed by atoms with Crippen LogP contribution in [0.2, 0.25) is 0 Å². The molecule has 0 radical (unpaired) electrons. The predicted molar refractivity (Wildman–Crippen MR) is 83.6 cm³/mol. The smallest absolute Gasteiger partial charge is 0.240 e. The summed E-state index contributed by atoms with van der Waals surface area (Å²) in [5, 5.41) is 2.85. The number of Topliss-reactive ketones (excluding diaryl/α,β-unsaturated/α-hetero) is 1. The molecule has 4 heteroatoms. The zero-order valence-electron chi connectivity index (χ0n) is 13.5. The Bertz CT molecular complexity index is 591. The van der Waals surface area contributed by atoms with E-state index in [0.717, 1.165) is 16.7 Å². The molecule has 1 aromatic carbocycles. The van der Waals surface area contributed by atoms with Gasteiger partial charge in [-0.3, -0.25) is 14.5 Å². The first-order valence-electron chi connectivity index (χ1n) is 7.38. The number of piperazine rings is 1. The summed E-state index contributed by atoms with van der Waals surface area (Å²) >= 11 is 0. The Hall–Kier alpha value is -1.68. The van der Waals surface area contributed by atoms with E-state index < -0.39 is 5.54 Å². The molecule has 1 amide bonds. The number of benzene rings is 1. The summed E-state index contributed by atoms with van der Waals surface area (Å²) in [5.74, 6) is 0.0664. The fourth-order valence-electron chi connectivity index (χ4n) is 2.74. The Morgan fingerprint density at radius 2 is 1.81 bits per heavy atom. The van der Waals surface area contributed by atoms with Crippen LogP contribution in [0.5, 0.6) is 0 Å². The van der Waals surface area contributed by atoms with Crippen LogP contribution < -0.4 is 5.32 Å². The van der Waals surface area contributed by atoms with Crippen molar-refractivity contribution in [3.63, 3.8) is 0 Å². The molecule has 0 atom stereocenters. The van der Waals surface area contributed by atoms with Gasteiger partial charge in [-0.2, -0.15) is 0 Å². The lowest BCUT2D eigenvalue weighted by atomic mass is 9.95. The van der Waals surface area contributed by atoms with Gasteiger partial charge in [0.2, 0.25) is 5.91 Å². The molecule has 0 bridgehead atoms. The maximum Gasteiger partial charge on any atom is 0.240 e. The number of rotatable bonds is 3. The first-order valence-corrected chi connectivity index (χ1v) is 7.38. The Kier molecular flexibility index (Phi) is 4.19. The van der Waals surface area contributed by atoms with Crippen molar-refractivity contribution in [3.05, 3.63) is 34.4 Å². The van der Waals surface area contributed by atoms with Gasteiger partial charge < -0.3 is 5.32 Å². The van der Waals surface area contributed by atoms with Crippen molar-refractivity contribution in [2.24, 2.45) is 0 Å². The SMILES string of the molecule is Cc1cc(C)c(C(=O)CN2CCNC(=O)C2(C)C)cc1C. The van der Waals surface area contributed by atoms with E-state index in [1.807, 2.05) is 38.7 Å². The summed E-state index contributed by atoms with van der Waals surface area (Å²) in [5.41, 5.74) is 3.45. The van der Waals surface area contributed by atoms with Gasteiger partial charge in [0, 0.05) is 18.7 Å². The first-order chi connectivity index (χ1) is 9.73. The van der Waals surface area contributed by atoms with Crippen molar-refractivity contribution >= 4 is 11.7 Å². The molecule has 1 aromatic rings. The number of carbonyl (C=O) groups excluding carboxylic acids is 2. The third kappa shape index (κ3) is 3.00. The predicted octanol–water partition coefficient (Wildman–Crippen LogP) is 2.00. The lowest BCUT2D eigenvalue weighted by Gasteiger charge is -2.40. The Morgan fingerprint density at radius 3 is 2.48 bits per heavy atom. The molecule has 1 aliphatic heterocycles. The standard InChI is InChI=1S/C17H24N2O2/c1-11-8-13(3)14(9-12(11)2)15(20)10-19-7-6-18-16(21)17(19,4)5/h8-9H,6-7,10H2,1-5H3,(H,18,21). The molecule has 0 saturated carbocycles. The van der Waals surface area contributed by atoms with E-state index in [-0.39, 0.29) is 18.2 Å². The molecule has 0 aliphatic carbocycles. The van der Waals surface area contributed by atoms with Crippen molar-refractivity contribution in [2.75, 3.05) is 19.6 Å². The van der Waals surface area contributed by atoms with Crippen LogP contribution in [-0.4, -0.2) is 41.8 Å². The fourth-order valence-corrected chi connectivity index (χ4v) is 2.74. The molecule has 1 saturated heterocycles. The number of nitrogens with one attached hydrogen (secondary N) is 1. The second kappa shape index (κ2) is 5.60. The molecule has 1 fully saturated rings. The summed E-state index contributed by atoms with van der Waals surface area (Å²) in [6.45, 7) is 11.3. The largest absolute Gasteiger partial charge is 0.353 e. The number of amides is 1. The summed E-state index contributed by atoms with van der Waals surface area (Å²) in [6, 6.07) is 4.01. The number of carbonyl (C=O) groups is 2. The summed E-state index contributed by atoms with van der Waals surface area (Å²) in [4.78, 5) is 26.5. The highest BCUT2D eigenvalue weighted by atomic mass is 16.2. The molecule has 1 heterocycles. The lowest BCUT2D eigenvalue weighted by molar-refractivity contribution is -0.134. The van der Waals surface area contributed by atoms with Gasteiger partial charge >= 0.3 is 0 Å². The summed E-state index contributed by atoms with van der Waals surface area (Å²) in [6.07, 6.45) is 0. The molecule has 2 rings (SSSR count). The zero-order valence-corrected chi connectivity index (χ0v) is 13.5. The van der Waals surface area contributed by atoms with Crippen LogP contribution in [0.3, 0.4) is 0 Å². The van der Waals surface area contributed by atoms with Crippen molar-refractivity contribution < 1.29 is 9.59 Å². The van der Waals surface area contributed by atoms with E-state index in [0.29, 0.717) is 13.1 Å². The lowest BCUT2D eigenvalue weighted by Crippen LogP contribution is -2.62. The van der Waals surface area contributed by atoms with Crippen LogP contribution in [0.4, 0.5) is 0 Å². The average Bonchev–Trinajstić information content (AvgIpc) is 2.39. The number of hydrogen-bond donors (Lipinski definition) is 1. The van der Waals surface area contributed by atoms with E-state index in [1.54, 1.807) is 0 Å². The highest BCUT2D eigenvalue weighted by Crippen LogP contribution is 2.20. The van der Waals surface area contributed by atoms with Crippen LogP contribution in [0.15, 0.2) is 12.1 Å². The monoisotopic (exact) mass is 288 g/mol. The molecule has 1 aliphatic rings. The molecule has 4 nitrogen and oxygen atoms in total. The third-order valence-corrected chi connectivity index (χ3v) is 4.49. The maximum absolute atomic E-state index is 12.6. The molecule has 21 heavy (non-hydrogen) atoms.